The Balaban J connectivity index is 2.47. The Morgan fingerprint density at radius 1 is 1.19 bits per heavy atom. The van der Waals surface area contributed by atoms with E-state index >= 15 is 0 Å². The van der Waals surface area contributed by atoms with E-state index in [1.54, 1.807) is 6.08 Å². The van der Waals surface area contributed by atoms with E-state index in [1.165, 1.54) is 6.08 Å². The third-order valence-corrected chi connectivity index (χ3v) is 5.14. The summed E-state index contributed by atoms with van der Waals surface area (Å²) < 4.78 is 2.08. The first-order chi connectivity index (χ1) is 13.0. The Hall–Kier alpha value is -2.72. The average Bonchev–Trinajstić information content (AvgIpc) is 2.95. The highest BCUT2D eigenvalue weighted by atomic mass is 35.5. The van der Waals surface area contributed by atoms with Crippen molar-refractivity contribution in [2.45, 2.75) is 20.8 Å². The van der Waals surface area contributed by atoms with Crippen molar-refractivity contribution in [2.75, 3.05) is 18.0 Å². The average molecular weight is 383 g/mol. The zero-order valence-electron chi connectivity index (χ0n) is 15.7. The second-order valence-electron chi connectivity index (χ2n) is 6.37. The number of fused-ring (bicyclic) bond motifs is 1. The van der Waals surface area contributed by atoms with Crippen LogP contribution in [0.1, 0.15) is 25.1 Å². The number of aromatic nitrogens is 1. The number of carboxylic acid groups (broad SMARTS) is 1. The van der Waals surface area contributed by atoms with Gasteiger partial charge in [0.15, 0.2) is 0 Å². The summed E-state index contributed by atoms with van der Waals surface area (Å²) in [4.78, 5) is 13.5. The van der Waals surface area contributed by atoms with Crippen LogP contribution in [0.25, 0.3) is 22.7 Å². The predicted octanol–water partition coefficient (Wildman–Crippen LogP) is 5.54. The van der Waals surface area contributed by atoms with E-state index in [9.17, 15) is 9.90 Å². The molecule has 0 saturated heterocycles. The quantitative estimate of drug-likeness (QED) is 0.569. The van der Waals surface area contributed by atoms with Gasteiger partial charge in [0.05, 0.1) is 16.9 Å². The highest BCUT2D eigenvalue weighted by Crippen LogP contribution is 2.39. The molecular formula is C22H23ClN2O2. The minimum absolute atomic E-state index is 0.692. The van der Waals surface area contributed by atoms with Gasteiger partial charge in [-0.1, -0.05) is 29.8 Å². The maximum atomic E-state index is 11.2. The molecule has 0 amide bonds. The fourth-order valence-electron chi connectivity index (χ4n) is 3.45. The maximum absolute atomic E-state index is 11.2. The molecule has 1 aromatic heterocycles. The first-order valence-electron chi connectivity index (χ1n) is 9.03. The van der Waals surface area contributed by atoms with Gasteiger partial charge in [-0.05, 0) is 56.7 Å². The fraction of sp³-hybridized carbons (Fsp3) is 0.227. The summed E-state index contributed by atoms with van der Waals surface area (Å²) in [5, 5.41) is 11.0. The van der Waals surface area contributed by atoms with Crippen LogP contribution in [-0.4, -0.2) is 28.7 Å². The topological polar surface area (TPSA) is 45.5 Å². The van der Waals surface area contributed by atoms with E-state index in [2.05, 4.69) is 29.4 Å². The van der Waals surface area contributed by atoms with Gasteiger partial charge in [-0.3, -0.25) is 0 Å². The molecule has 0 bridgehead atoms. The molecule has 0 atom stereocenters. The molecule has 0 saturated carbocycles. The molecule has 1 heterocycles. The third kappa shape index (κ3) is 3.58. The Kier molecular flexibility index (Phi) is 5.57. The molecule has 0 fully saturated rings. The number of aryl methyl sites for hydroxylation is 1. The number of carbonyl (C=O) groups is 1. The normalized spacial score (nSPS) is 11.4. The van der Waals surface area contributed by atoms with Crippen LogP contribution in [-0.2, 0) is 4.79 Å². The molecule has 0 spiro atoms. The molecule has 3 rings (SSSR count). The first-order valence-corrected chi connectivity index (χ1v) is 9.41. The largest absolute Gasteiger partial charge is 0.478 e. The molecule has 0 aliphatic rings. The number of rotatable bonds is 6. The van der Waals surface area contributed by atoms with Crippen molar-refractivity contribution in [3.8, 4) is 5.69 Å². The molecule has 0 radical (unpaired) electrons. The SMILES string of the molecule is CCN(CC)c1c(/C=C/C(=O)O)n(-c2ccccc2)c2cc(Cl)c(C)cc12. The van der Waals surface area contributed by atoms with Gasteiger partial charge >= 0.3 is 5.97 Å². The molecule has 4 nitrogen and oxygen atoms in total. The van der Waals surface area contributed by atoms with Crippen LogP contribution in [0.15, 0.2) is 48.5 Å². The number of nitrogens with zero attached hydrogens (tertiary/aromatic N) is 2. The van der Waals surface area contributed by atoms with Crippen molar-refractivity contribution in [1.29, 1.82) is 0 Å². The number of halogens is 1. The van der Waals surface area contributed by atoms with Gasteiger partial charge in [-0.15, -0.1) is 0 Å². The Morgan fingerprint density at radius 3 is 2.44 bits per heavy atom. The van der Waals surface area contributed by atoms with E-state index in [4.69, 9.17) is 11.6 Å². The van der Waals surface area contributed by atoms with Gasteiger partial charge < -0.3 is 14.6 Å². The van der Waals surface area contributed by atoms with Crippen molar-refractivity contribution in [3.63, 3.8) is 0 Å². The Bertz CT molecular complexity index is 1000. The number of aliphatic carboxylic acids is 1. The molecular weight excluding hydrogens is 360 g/mol. The minimum Gasteiger partial charge on any atom is -0.478 e. The van der Waals surface area contributed by atoms with Crippen molar-refractivity contribution in [2.24, 2.45) is 0 Å². The van der Waals surface area contributed by atoms with E-state index in [1.807, 2.05) is 43.3 Å². The van der Waals surface area contributed by atoms with Gasteiger partial charge in [0.25, 0.3) is 0 Å². The highest BCUT2D eigenvalue weighted by molar-refractivity contribution is 6.32. The molecule has 0 aliphatic heterocycles. The van der Waals surface area contributed by atoms with Crippen LogP contribution in [0.3, 0.4) is 0 Å². The summed E-state index contributed by atoms with van der Waals surface area (Å²) in [6.45, 7) is 7.83. The molecule has 0 unspecified atom stereocenters. The lowest BCUT2D eigenvalue weighted by atomic mass is 10.1. The van der Waals surface area contributed by atoms with Crippen LogP contribution >= 0.6 is 11.6 Å². The van der Waals surface area contributed by atoms with Crippen molar-refractivity contribution >= 4 is 40.2 Å². The van der Waals surface area contributed by atoms with Crippen molar-refractivity contribution < 1.29 is 9.90 Å². The number of para-hydroxylation sites is 1. The molecule has 0 aliphatic carbocycles. The predicted molar refractivity (Wildman–Crippen MR) is 113 cm³/mol. The maximum Gasteiger partial charge on any atom is 0.328 e. The zero-order chi connectivity index (χ0) is 19.6. The van der Waals surface area contributed by atoms with Crippen LogP contribution in [0, 0.1) is 6.92 Å². The van der Waals surface area contributed by atoms with Crippen LogP contribution in [0.5, 0.6) is 0 Å². The lowest BCUT2D eigenvalue weighted by molar-refractivity contribution is -0.131. The van der Waals surface area contributed by atoms with Crippen molar-refractivity contribution in [3.05, 3.63) is 64.8 Å². The van der Waals surface area contributed by atoms with Crippen LogP contribution in [0.4, 0.5) is 5.69 Å². The van der Waals surface area contributed by atoms with Gasteiger partial charge in [-0.2, -0.15) is 0 Å². The Labute approximate surface area is 164 Å². The standard InChI is InChI=1S/C22H23ClN2O2/c1-4-24(5-2)22-17-13-15(3)18(23)14-20(17)25(16-9-7-6-8-10-16)19(22)11-12-21(26)27/h6-14H,4-5H2,1-3H3,(H,26,27)/b12-11+. The lowest BCUT2D eigenvalue weighted by Gasteiger charge is -2.22. The summed E-state index contributed by atoms with van der Waals surface area (Å²) in [6, 6.07) is 14.0. The highest BCUT2D eigenvalue weighted by Gasteiger charge is 2.21. The van der Waals surface area contributed by atoms with Gasteiger partial charge in [-0.25, -0.2) is 4.79 Å². The van der Waals surface area contributed by atoms with E-state index in [0.29, 0.717) is 5.02 Å². The summed E-state index contributed by atoms with van der Waals surface area (Å²) in [7, 11) is 0. The second kappa shape index (κ2) is 7.89. The summed E-state index contributed by atoms with van der Waals surface area (Å²) in [6.07, 6.45) is 2.86. The summed E-state index contributed by atoms with van der Waals surface area (Å²) >= 11 is 6.44. The van der Waals surface area contributed by atoms with E-state index in [0.717, 1.165) is 46.6 Å². The third-order valence-electron chi connectivity index (χ3n) is 4.73. The number of hydrogen-bond donors (Lipinski definition) is 1. The zero-order valence-corrected chi connectivity index (χ0v) is 16.5. The minimum atomic E-state index is -0.973. The fourth-order valence-corrected chi connectivity index (χ4v) is 3.61. The number of benzene rings is 2. The monoisotopic (exact) mass is 382 g/mol. The van der Waals surface area contributed by atoms with Gasteiger partial charge in [0.2, 0.25) is 0 Å². The van der Waals surface area contributed by atoms with Crippen molar-refractivity contribution in [1.82, 2.24) is 4.57 Å². The molecule has 1 N–H and O–H groups in total. The number of carboxylic acids is 1. The molecule has 5 heteroatoms. The lowest BCUT2D eigenvalue weighted by Crippen LogP contribution is -2.22. The summed E-state index contributed by atoms with van der Waals surface area (Å²) in [5.74, 6) is -0.973. The first kappa shape index (κ1) is 19.1. The summed E-state index contributed by atoms with van der Waals surface area (Å²) in [5.41, 5.74) is 4.78. The van der Waals surface area contributed by atoms with E-state index in [-0.39, 0.29) is 0 Å². The molecule has 3 aromatic rings. The molecule has 2 aromatic carbocycles. The molecule has 27 heavy (non-hydrogen) atoms. The van der Waals surface area contributed by atoms with E-state index < -0.39 is 5.97 Å². The number of hydrogen-bond acceptors (Lipinski definition) is 2. The Morgan fingerprint density at radius 2 is 1.85 bits per heavy atom. The molecule has 140 valence electrons. The van der Waals surface area contributed by atoms with Crippen LogP contribution in [0.2, 0.25) is 5.02 Å². The smallest absolute Gasteiger partial charge is 0.328 e. The van der Waals surface area contributed by atoms with Gasteiger partial charge in [0.1, 0.15) is 0 Å². The van der Waals surface area contributed by atoms with Crippen LogP contribution < -0.4 is 4.90 Å². The second-order valence-corrected chi connectivity index (χ2v) is 6.77. The number of anilines is 1. The van der Waals surface area contributed by atoms with Gasteiger partial charge in [0, 0.05) is 35.3 Å².